The van der Waals surface area contributed by atoms with Gasteiger partial charge >= 0.3 is 7.48 Å². The maximum atomic E-state index is 9.81. The minimum Gasteiger partial charge on any atom is -0.491 e. The summed E-state index contributed by atoms with van der Waals surface area (Å²) in [4.78, 5) is 0. The Morgan fingerprint density at radius 2 is 2.35 bits per heavy atom. The fourth-order valence-corrected chi connectivity index (χ4v) is 1.85. The van der Waals surface area contributed by atoms with Gasteiger partial charge in [-0.05, 0) is 17.1 Å². The van der Waals surface area contributed by atoms with E-state index in [0.717, 1.165) is 11.0 Å². The van der Waals surface area contributed by atoms with Gasteiger partial charge in [-0.3, -0.25) is 0 Å². The predicted molar refractivity (Wildman–Crippen MR) is 64.7 cm³/mol. The number of aliphatic hydroxyl groups is 2. The molecule has 0 fully saturated rings. The van der Waals surface area contributed by atoms with Crippen LogP contribution in [0.1, 0.15) is 11.7 Å². The molecular weight excluding hydrogens is 221 g/mol. The lowest BCUT2D eigenvalue weighted by Crippen LogP contribution is -2.29. The van der Waals surface area contributed by atoms with Crippen molar-refractivity contribution < 1.29 is 19.6 Å². The third kappa shape index (κ3) is 2.61. The Morgan fingerprint density at radius 1 is 1.53 bits per heavy atom. The van der Waals surface area contributed by atoms with E-state index in [2.05, 4.69) is 0 Å². The molecule has 0 amide bonds. The number of fused-ring (bicyclic) bond motifs is 1. The topological polar surface area (TPSA) is 84.9 Å². The van der Waals surface area contributed by atoms with Crippen LogP contribution in [0.3, 0.4) is 0 Å². The molecule has 1 aliphatic rings. The summed E-state index contributed by atoms with van der Waals surface area (Å²) < 4.78 is 11.0. The lowest BCUT2D eigenvalue weighted by atomic mass is 9.81. The molecule has 1 heterocycles. The Hall–Kier alpha value is -1.08. The van der Waals surface area contributed by atoms with Crippen molar-refractivity contribution in [2.45, 2.75) is 12.2 Å². The Kier molecular flexibility index (Phi) is 4.01. The zero-order valence-corrected chi connectivity index (χ0v) is 9.50. The van der Waals surface area contributed by atoms with Gasteiger partial charge < -0.3 is 25.3 Å². The summed E-state index contributed by atoms with van der Waals surface area (Å²) in [5, 5.41) is 18.9. The minimum atomic E-state index is -0.720. The van der Waals surface area contributed by atoms with Gasteiger partial charge in [-0.15, -0.1) is 0 Å². The standard InChI is InChI=1S/C11H16BNO4/c13-4-9(15)8-2-1-3-10-11(8)12-17-7(5-14)6-16-10/h1-3,7,9,12,14-15H,4-6,13H2. The van der Waals surface area contributed by atoms with Crippen LogP contribution in [0.15, 0.2) is 18.2 Å². The van der Waals surface area contributed by atoms with E-state index in [-0.39, 0.29) is 19.3 Å². The van der Waals surface area contributed by atoms with Crippen molar-refractivity contribution in [1.82, 2.24) is 0 Å². The number of benzene rings is 1. The third-order valence-corrected chi connectivity index (χ3v) is 2.84. The van der Waals surface area contributed by atoms with Crippen molar-refractivity contribution in [2.24, 2.45) is 5.73 Å². The first-order valence-electron chi connectivity index (χ1n) is 5.61. The molecule has 1 aliphatic heterocycles. The van der Waals surface area contributed by atoms with Crippen LogP contribution in [-0.2, 0) is 4.65 Å². The number of hydrogen-bond donors (Lipinski definition) is 3. The Balaban J connectivity index is 2.29. The fourth-order valence-electron chi connectivity index (χ4n) is 1.85. The van der Waals surface area contributed by atoms with Crippen molar-refractivity contribution in [3.05, 3.63) is 23.8 Å². The molecule has 2 rings (SSSR count). The van der Waals surface area contributed by atoms with E-state index in [0.29, 0.717) is 19.8 Å². The second-order valence-electron chi connectivity index (χ2n) is 4.00. The van der Waals surface area contributed by atoms with Gasteiger partial charge in [-0.25, -0.2) is 0 Å². The zero-order valence-electron chi connectivity index (χ0n) is 9.50. The van der Waals surface area contributed by atoms with Gasteiger partial charge in [0.2, 0.25) is 0 Å². The predicted octanol–water partition coefficient (Wildman–Crippen LogP) is -1.57. The van der Waals surface area contributed by atoms with Crippen LogP contribution in [0.25, 0.3) is 0 Å². The fraction of sp³-hybridized carbons (Fsp3) is 0.455. The second kappa shape index (κ2) is 5.51. The molecule has 6 heteroatoms. The van der Waals surface area contributed by atoms with Gasteiger partial charge in [0, 0.05) is 6.54 Å². The van der Waals surface area contributed by atoms with Gasteiger partial charge in [0.15, 0.2) is 0 Å². The van der Waals surface area contributed by atoms with Gasteiger partial charge in [0.25, 0.3) is 0 Å². The van der Waals surface area contributed by atoms with E-state index in [9.17, 15) is 5.11 Å². The first-order chi connectivity index (χ1) is 8.26. The van der Waals surface area contributed by atoms with Crippen LogP contribution in [0, 0.1) is 0 Å². The number of nitrogens with two attached hydrogens (primary N) is 1. The molecule has 4 N–H and O–H groups in total. The molecule has 0 saturated carbocycles. The highest BCUT2D eigenvalue weighted by atomic mass is 16.5. The molecule has 5 nitrogen and oxygen atoms in total. The smallest absolute Gasteiger partial charge is 0.313 e. The van der Waals surface area contributed by atoms with Gasteiger partial charge in [0.05, 0.1) is 18.8 Å². The summed E-state index contributed by atoms with van der Waals surface area (Å²) in [5.74, 6) is 0.686. The third-order valence-electron chi connectivity index (χ3n) is 2.84. The van der Waals surface area contributed by atoms with E-state index < -0.39 is 6.10 Å². The Morgan fingerprint density at radius 3 is 3.06 bits per heavy atom. The zero-order chi connectivity index (χ0) is 12.3. The van der Waals surface area contributed by atoms with Crippen LogP contribution >= 0.6 is 0 Å². The first kappa shape index (κ1) is 12.4. The van der Waals surface area contributed by atoms with Crippen LogP contribution in [0.5, 0.6) is 5.75 Å². The molecule has 0 aromatic heterocycles. The van der Waals surface area contributed by atoms with E-state index in [1.807, 2.05) is 18.2 Å². The number of rotatable bonds is 3. The molecule has 2 unspecified atom stereocenters. The van der Waals surface area contributed by atoms with Crippen LogP contribution in [-0.4, -0.2) is 43.6 Å². The molecule has 0 aliphatic carbocycles. The Bertz CT molecular complexity index is 388. The lowest BCUT2D eigenvalue weighted by molar-refractivity contribution is 0.0814. The molecule has 17 heavy (non-hydrogen) atoms. The molecule has 92 valence electrons. The van der Waals surface area contributed by atoms with E-state index in [1.54, 1.807) is 0 Å². The van der Waals surface area contributed by atoms with Gasteiger partial charge in [-0.1, -0.05) is 12.1 Å². The number of hydrogen-bond acceptors (Lipinski definition) is 5. The molecule has 1 aromatic carbocycles. The summed E-state index contributed by atoms with van der Waals surface area (Å²) in [6.07, 6.45) is -1.05. The highest BCUT2D eigenvalue weighted by molar-refractivity contribution is 6.49. The monoisotopic (exact) mass is 237 g/mol. The summed E-state index contributed by atoms with van der Waals surface area (Å²) in [5.41, 5.74) is 6.99. The maximum absolute atomic E-state index is 9.81. The summed E-state index contributed by atoms with van der Waals surface area (Å²) in [7, 11) is 0.313. The average Bonchev–Trinajstić information content (AvgIpc) is 2.59. The molecule has 0 radical (unpaired) electrons. The summed E-state index contributed by atoms with van der Waals surface area (Å²) in [6, 6.07) is 5.44. The molecule has 0 saturated heterocycles. The van der Waals surface area contributed by atoms with E-state index >= 15 is 0 Å². The van der Waals surface area contributed by atoms with Crippen molar-refractivity contribution in [3.63, 3.8) is 0 Å². The normalized spacial score (nSPS) is 20.8. The van der Waals surface area contributed by atoms with Crippen molar-refractivity contribution in [2.75, 3.05) is 19.8 Å². The second-order valence-corrected chi connectivity index (χ2v) is 4.00. The SMILES string of the molecule is NCC(O)c1cccc2c1BOC(CO)CO2. The molecule has 0 spiro atoms. The van der Waals surface area contributed by atoms with Crippen LogP contribution in [0.2, 0.25) is 0 Å². The summed E-state index contributed by atoms with van der Waals surface area (Å²) in [6.45, 7) is 0.383. The number of aliphatic hydroxyl groups excluding tert-OH is 2. The molecule has 2 atom stereocenters. The lowest BCUT2D eigenvalue weighted by Gasteiger charge is -2.14. The van der Waals surface area contributed by atoms with Crippen molar-refractivity contribution in [1.29, 1.82) is 0 Å². The van der Waals surface area contributed by atoms with E-state index in [1.165, 1.54) is 0 Å². The van der Waals surface area contributed by atoms with Gasteiger partial charge in [0.1, 0.15) is 12.4 Å². The molecular formula is C11H16BNO4. The largest absolute Gasteiger partial charge is 0.491 e. The molecule has 0 bridgehead atoms. The minimum absolute atomic E-state index is 0.0806. The van der Waals surface area contributed by atoms with Crippen molar-refractivity contribution >= 4 is 12.9 Å². The quantitative estimate of drug-likeness (QED) is 0.553. The van der Waals surface area contributed by atoms with Crippen LogP contribution in [0.4, 0.5) is 0 Å². The van der Waals surface area contributed by atoms with Crippen LogP contribution < -0.4 is 15.9 Å². The van der Waals surface area contributed by atoms with Gasteiger partial charge in [-0.2, -0.15) is 0 Å². The van der Waals surface area contributed by atoms with E-state index in [4.69, 9.17) is 20.2 Å². The van der Waals surface area contributed by atoms with Crippen molar-refractivity contribution in [3.8, 4) is 5.75 Å². The maximum Gasteiger partial charge on any atom is 0.313 e. The first-order valence-corrected chi connectivity index (χ1v) is 5.61. The highest BCUT2D eigenvalue weighted by Gasteiger charge is 2.22. The highest BCUT2D eigenvalue weighted by Crippen LogP contribution is 2.18. The number of ether oxygens (including phenoxy) is 1. The Labute approximate surface area is 100 Å². The average molecular weight is 237 g/mol. The molecule has 1 aromatic rings. The summed E-state index contributed by atoms with van der Waals surface area (Å²) >= 11 is 0.